The highest BCUT2D eigenvalue weighted by Gasteiger charge is 2.40. The third-order valence-corrected chi connectivity index (χ3v) is 7.77. The zero-order chi connectivity index (χ0) is 25.6. The summed E-state index contributed by atoms with van der Waals surface area (Å²) in [6.07, 6.45) is 7.33. The van der Waals surface area contributed by atoms with Crippen LogP contribution >= 0.6 is 0 Å². The average Bonchev–Trinajstić information content (AvgIpc) is 3.47. The molecule has 3 N–H and O–H groups in total. The molecule has 37 heavy (non-hydrogen) atoms. The standard InChI is InChI=1S/C29H31N7O/c1-19-5-3-7-22(27(30)21-6-4-8-24-23(21)18-35(2)34-24)28(19)32-20-9-10-25(31-17-20)36-15-13-29(14-16-36)12-11-26(37)33-29/h3-10,17-18,30,32H,11-16H2,1-2H3,(H,33,37). The number of carbonyl (C=O) groups excluding carboxylic acids is 1. The average molecular weight is 494 g/mol. The van der Waals surface area contributed by atoms with Crippen molar-refractivity contribution >= 4 is 39.7 Å². The lowest BCUT2D eigenvalue weighted by atomic mass is 9.86. The van der Waals surface area contributed by atoms with E-state index in [1.807, 2.05) is 61.9 Å². The first-order valence-electron chi connectivity index (χ1n) is 12.8. The molecule has 2 fully saturated rings. The van der Waals surface area contributed by atoms with Gasteiger partial charge < -0.3 is 15.5 Å². The van der Waals surface area contributed by atoms with Crippen LogP contribution in [0.15, 0.2) is 60.9 Å². The number of para-hydroxylation sites is 1. The molecule has 8 heteroatoms. The molecule has 0 aliphatic carbocycles. The van der Waals surface area contributed by atoms with Crippen LogP contribution in [0.4, 0.5) is 17.2 Å². The topological polar surface area (TPSA) is 98.9 Å². The van der Waals surface area contributed by atoms with Crippen LogP contribution in [0, 0.1) is 12.3 Å². The van der Waals surface area contributed by atoms with Crippen molar-refractivity contribution in [3.8, 4) is 0 Å². The molecule has 4 heterocycles. The molecule has 1 amide bonds. The summed E-state index contributed by atoms with van der Waals surface area (Å²) in [5, 5.41) is 21.3. The molecule has 2 aliphatic heterocycles. The smallest absolute Gasteiger partial charge is 0.220 e. The van der Waals surface area contributed by atoms with E-state index in [0.717, 1.165) is 77.1 Å². The molecule has 0 unspecified atom stereocenters. The van der Waals surface area contributed by atoms with E-state index in [-0.39, 0.29) is 11.4 Å². The van der Waals surface area contributed by atoms with E-state index in [1.165, 1.54) is 0 Å². The monoisotopic (exact) mass is 493 g/mol. The van der Waals surface area contributed by atoms with Gasteiger partial charge in [0.15, 0.2) is 0 Å². The van der Waals surface area contributed by atoms with E-state index in [2.05, 4.69) is 33.6 Å². The van der Waals surface area contributed by atoms with Gasteiger partial charge in [0.1, 0.15) is 5.82 Å². The highest BCUT2D eigenvalue weighted by molar-refractivity contribution is 6.20. The fraction of sp³-hybridized carbons (Fsp3) is 0.310. The number of piperidine rings is 1. The van der Waals surface area contributed by atoms with Crippen LogP contribution in [0.5, 0.6) is 0 Å². The number of aromatic nitrogens is 3. The Morgan fingerprint density at radius 2 is 1.84 bits per heavy atom. The molecular weight excluding hydrogens is 462 g/mol. The van der Waals surface area contributed by atoms with Crippen molar-refractivity contribution in [3.63, 3.8) is 0 Å². The summed E-state index contributed by atoms with van der Waals surface area (Å²) in [5.41, 5.74) is 5.85. The number of rotatable bonds is 5. The Bertz CT molecular complexity index is 1500. The summed E-state index contributed by atoms with van der Waals surface area (Å²) in [6.45, 7) is 3.83. The zero-order valence-corrected chi connectivity index (χ0v) is 21.2. The summed E-state index contributed by atoms with van der Waals surface area (Å²) in [5.74, 6) is 1.13. The molecule has 1 spiro atoms. The Morgan fingerprint density at radius 3 is 2.57 bits per heavy atom. The second-order valence-corrected chi connectivity index (χ2v) is 10.3. The molecule has 0 radical (unpaired) electrons. The van der Waals surface area contributed by atoms with Gasteiger partial charge in [0, 0.05) is 54.8 Å². The van der Waals surface area contributed by atoms with Crippen LogP contribution in [0.2, 0.25) is 0 Å². The van der Waals surface area contributed by atoms with Crippen molar-refractivity contribution < 1.29 is 4.79 Å². The Kier molecular flexibility index (Phi) is 5.67. The van der Waals surface area contributed by atoms with Gasteiger partial charge in [0.2, 0.25) is 5.91 Å². The Balaban J connectivity index is 1.22. The van der Waals surface area contributed by atoms with Crippen LogP contribution in [0.1, 0.15) is 42.4 Å². The van der Waals surface area contributed by atoms with Gasteiger partial charge in [-0.3, -0.25) is 14.9 Å². The summed E-state index contributed by atoms with van der Waals surface area (Å²) < 4.78 is 1.79. The lowest BCUT2D eigenvalue weighted by Gasteiger charge is -2.39. The summed E-state index contributed by atoms with van der Waals surface area (Å²) >= 11 is 0. The molecule has 188 valence electrons. The van der Waals surface area contributed by atoms with Crippen molar-refractivity contribution in [2.45, 2.75) is 38.1 Å². The number of fused-ring (bicyclic) bond motifs is 1. The summed E-state index contributed by atoms with van der Waals surface area (Å²) in [4.78, 5) is 18.8. The number of amides is 1. The minimum absolute atomic E-state index is 0.0130. The van der Waals surface area contributed by atoms with E-state index in [0.29, 0.717) is 12.1 Å². The zero-order valence-electron chi connectivity index (χ0n) is 21.2. The number of hydrogen-bond acceptors (Lipinski definition) is 6. The van der Waals surface area contributed by atoms with Crippen molar-refractivity contribution in [2.24, 2.45) is 7.05 Å². The van der Waals surface area contributed by atoms with Crippen LogP contribution in [0.25, 0.3) is 10.9 Å². The van der Waals surface area contributed by atoms with E-state index in [1.54, 1.807) is 4.68 Å². The fourth-order valence-corrected chi connectivity index (χ4v) is 5.67. The van der Waals surface area contributed by atoms with Gasteiger partial charge in [-0.15, -0.1) is 0 Å². The van der Waals surface area contributed by atoms with Gasteiger partial charge in [-0.25, -0.2) is 4.98 Å². The van der Waals surface area contributed by atoms with Gasteiger partial charge in [-0.1, -0.05) is 30.3 Å². The minimum Gasteiger partial charge on any atom is -0.356 e. The molecular formula is C29H31N7O. The van der Waals surface area contributed by atoms with E-state index in [4.69, 9.17) is 10.4 Å². The molecule has 2 saturated heterocycles. The van der Waals surface area contributed by atoms with Gasteiger partial charge >= 0.3 is 0 Å². The number of benzene rings is 2. The third kappa shape index (κ3) is 4.33. The van der Waals surface area contributed by atoms with Crippen molar-refractivity contribution in [2.75, 3.05) is 23.3 Å². The lowest BCUT2D eigenvalue weighted by Crippen LogP contribution is -2.51. The minimum atomic E-state index is -0.0130. The lowest BCUT2D eigenvalue weighted by molar-refractivity contribution is -0.119. The Morgan fingerprint density at radius 1 is 1.05 bits per heavy atom. The van der Waals surface area contributed by atoms with E-state index >= 15 is 0 Å². The highest BCUT2D eigenvalue weighted by atomic mass is 16.2. The SMILES string of the molecule is Cc1cccc(C(=N)c2cccc3nn(C)cc23)c1Nc1ccc(N2CCC3(CCC(=O)N3)CC2)nc1. The highest BCUT2D eigenvalue weighted by Crippen LogP contribution is 2.33. The number of nitrogens with one attached hydrogen (secondary N) is 3. The maximum Gasteiger partial charge on any atom is 0.220 e. The molecule has 6 rings (SSSR count). The number of pyridine rings is 1. The summed E-state index contributed by atoms with van der Waals surface area (Å²) in [6, 6.07) is 16.0. The van der Waals surface area contributed by atoms with E-state index in [9.17, 15) is 4.79 Å². The van der Waals surface area contributed by atoms with Crippen LogP contribution in [0.3, 0.4) is 0 Å². The number of aryl methyl sites for hydroxylation is 2. The second kappa shape index (κ2) is 9.03. The quantitative estimate of drug-likeness (QED) is 0.351. The maximum atomic E-state index is 11.7. The van der Waals surface area contributed by atoms with Crippen LogP contribution in [-0.2, 0) is 11.8 Å². The molecule has 0 saturated carbocycles. The van der Waals surface area contributed by atoms with Crippen molar-refractivity contribution in [1.82, 2.24) is 20.1 Å². The van der Waals surface area contributed by atoms with Gasteiger partial charge in [-0.2, -0.15) is 5.10 Å². The second-order valence-electron chi connectivity index (χ2n) is 10.3. The normalized spacial score (nSPS) is 16.8. The molecule has 4 aromatic rings. The van der Waals surface area contributed by atoms with Crippen molar-refractivity contribution in [1.29, 1.82) is 5.41 Å². The molecule has 8 nitrogen and oxygen atoms in total. The number of nitrogens with zero attached hydrogens (tertiary/aromatic N) is 4. The first kappa shape index (κ1) is 23.2. The van der Waals surface area contributed by atoms with Gasteiger partial charge in [-0.05, 0) is 49.9 Å². The summed E-state index contributed by atoms with van der Waals surface area (Å²) in [7, 11) is 1.90. The molecule has 2 aromatic carbocycles. The Labute approximate surface area is 216 Å². The fourth-order valence-electron chi connectivity index (χ4n) is 5.67. The first-order valence-corrected chi connectivity index (χ1v) is 12.8. The maximum absolute atomic E-state index is 11.7. The Hall–Kier alpha value is -4.20. The molecule has 0 atom stereocenters. The van der Waals surface area contributed by atoms with Crippen LogP contribution < -0.4 is 15.5 Å². The first-order chi connectivity index (χ1) is 17.9. The number of hydrogen-bond donors (Lipinski definition) is 3. The number of anilines is 3. The number of carbonyl (C=O) groups is 1. The van der Waals surface area contributed by atoms with Crippen LogP contribution in [-0.4, -0.2) is 45.0 Å². The van der Waals surface area contributed by atoms with Crippen molar-refractivity contribution in [3.05, 3.63) is 77.6 Å². The molecule has 2 aromatic heterocycles. The largest absolute Gasteiger partial charge is 0.356 e. The van der Waals surface area contributed by atoms with Gasteiger partial charge in [0.25, 0.3) is 0 Å². The molecule has 2 aliphatic rings. The molecule has 0 bridgehead atoms. The predicted molar refractivity (Wildman–Crippen MR) is 147 cm³/mol. The van der Waals surface area contributed by atoms with E-state index < -0.39 is 0 Å². The third-order valence-electron chi connectivity index (χ3n) is 7.77. The predicted octanol–water partition coefficient (Wildman–Crippen LogP) is 4.69. The van der Waals surface area contributed by atoms with Gasteiger partial charge in [0.05, 0.1) is 28.8 Å².